The molecule has 0 atom stereocenters. The van der Waals surface area contributed by atoms with Crippen molar-refractivity contribution in [3.8, 4) is 11.4 Å². The van der Waals surface area contributed by atoms with E-state index < -0.39 is 0 Å². The van der Waals surface area contributed by atoms with Crippen molar-refractivity contribution < 1.29 is 19.2 Å². The second-order valence-corrected chi connectivity index (χ2v) is 6.87. The van der Waals surface area contributed by atoms with Crippen LogP contribution in [-0.4, -0.2) is 62.2 Å². The molecule has 0 bridgehead atoms. The minimum atomic E-state index is -0.354. The standard InChI is InChI=1S/C20H26N4O4/c1-15-4-6-16(7-5-15)24-18(25)14-17(27-2)19(22-24)20(26)21-8-3-9-23-10-12-28-13-11-23/h4-7,14H,3,8-13H2,1-2H3,(H,21,26)/p+1. The topological polar surface area (TPSA) is 86.9 Å². The number of quaternary nitrogens is 1. The van der Waals surface area contributed by atoms with E-state index in [0.29, 0.717) is 12.2 Å². The van der Waals surface area contributed by atoms with Crippen LogP contribution in [0.15, 0.2) is 35.1 Å². The fourth-order valence-corrected chi connectivity index (χ4v) is 3.16. The van der Waals surface area contributed by atoms with Gasteiger partial charge in [0.15, 0.2) is 11.4 Å². The molecule has 1 amide bonds. The molecule has 2 heterocycles. The first-order valence-corrected chi connectivity index (χ1v) is 9.53. The maximum atomic E-state index is 12.6. The van der Waals surface area contributed by atoms with Crippen LogP contribution in [0, 0.1) is 6.92 Å². The SMILES string of the molecule is COc1cc(=O)n(-c2ccc(C)cc2)nc1C(=O)NCCC[NH+]1CCOCC1. The second kappa shape index (κ2) is 9.48. The van der Waals surface area contributed by atoms with E-state index in [9.17, 15) is 9.59 Å². The van der Waals surface area contributed by atoms with E-state index >= 15 is 0 Å². The predicted octanol–water partition coefficient (Wildman–Crippen LogP) is -0.415. The molecule has 2 aromatic rings. The number of nitrogens with one attached hydrogen (secondary N) is 2. The number of ether oxygens (including phenoxy) is 2. The minimum Gasteiger partial charge on any atom is -0.494 e. The van der Waals surface area contributed by atoms with Gasteiger partial charge in [0.2, 0.25) is 0 Å². The van der Waals surface area contributed by atoms with Gasteiger partial charge in [0.05, 0.1) is 38.6 Å². The Morgan fingerprint density at radius 2 is 2.00 bits per heavy atom. The number of hydrogen-bond acceptors (Lipinski definition) is 5. The molecule has 8 nitrogen and oxygen atoms in total. The molecular weight excluding hydrogens is 360 g/mol. The number of hydrogen-bond donors (Lipinski definition) is 2. The van der Waals surface area contributed by atoms with E-state index in [4.69, 9.17) is 9.47 Å². The molecule has 150 valence electrons. The third-order valence-electron chi connectivity index (χ3n) is 4.80. The number of morpholine rings is 1. The predicted molar refractivity (Wildman–Crippen MR) is 104 cm³/mol. The molecule has 0 unspecified atom stereocenters. The maximum absolute atomic E-state index is 12.6. The average molecular weight is 387 g/mol. The second-order valence-electron chi connectivity index (χ2n) is 6.87. The highest BCUT2D eigenvalue weighted by Gasteiger charge is 2.18. The highest BCUT2D eigenvalue weighted by molar-refractivity contribution is 5.94. The monoisotopic (exact) mass is 387 g/mol. The Hall–Kier alpha value is -2.71. The molecule has 0 aliphatic carbocycles. The number of carbonyl (C=O) groups excluding carboxylic acids is 1. The molecular formula is C20H27N4O4+. The van der Waals surface area contributed by atoms with Crippen molar-refractivity contribution in [2.75, 3.05) is 46.5 Å². The number of nitrogens with zero attached hydrogens (tertiary/aromatic N) is 2. The number of benzene rings is 1. The molecule has 0 radical (unpaired) electrons. The van der Waals surface area contributed by atoms with Crippen molar-refractivity contribution in [2.45, 2.75) is 13.3 Å². The van der Waals surface area contributed by atoms with Crippen molar-refractivity contribution in [1.29, 1.82) is 0 Å². The van der Waals surface area contributed by atoms with Crippen molar-refractivity contribution in [1.82, 2.24) is 15.1 Å². The van der Waals surface area contributed by atoms with Crippen LogP contribution in [0.3, 0.4) is 0 Å². The molecule has 3 rings (SSSR count). The highest BCUT2D eigenvalue weighted by atomic mass is 16.5. The van der Waals surface area contributed by atoms with Gasteiger partial charge in [-0.3, -0.25) is 9.59 Å². The van der Waals surface area contributed by atoms with Crippen LogP contribution < -0.4 is 20.5 Å². The summed E-state index contributed by atoms with van der Waals surface area (Å²) in [5.41, 5.74) is 1.42. The Morgan fingerprint density at radius 1 is 1.29 bits per heavy atom. The summed E-state index contributed by atoms with van der Waals surface area (Å²) in [5.74, 6) is -0.181. The van der Waals surface area contributed by atoms with Crippen LogP contribution in [0.25, 0.3) is 5.69 Å². The quantitative estimate of drug-likeness (QED) is 0.631. The number of carbonyl (C=O) groups is 1. The number of aromatic nitrogens is 2. The van der Waals surface area contributed by atoms with Crippen molar-refractivity contribution in [3.05, 3.63) is 51.9 Å². The number of amides is 1. The zero-order valence-corrected chi connectivity index (χ0v) is 16.4. The highest BCUT2D eigenvalue weighted by Crippen LogP contribution is 2.14. The number of methoxy groups -OCH3 is 1. The molecule has 8 heteroatoms. The summed E-state index contributed by atoms with van der Waals surface area (Å²) < 4.78 is 11.8. The van der Waals surface area contributed by atoms with Gasteiger partial charge in [-0.15, -0.1) is 0 Å². The van der Waals surface area contributed by atoms with Crippen LogP contribution in [0.1, 0.15) is 22.5 Å². The van der Waals surface area contributed by atoms with Gasteiger partial charge in [-0.2, -0.15) is 9.78 Å². The molecule has 2 N–H and O–H groups in total. The van der Waals surface area contributed by atoms with Crippen molar-refractivity contribution in [3.63, 3.8) is 0 Å². The van der Waals surface area contributed by atoms with E-state index in [1.165, 1.54) is 22.8 Å². The Kier molecular flexibility index (Phi) is 6.78. The zero-order chi connectivity index (χ0) is 19.9. The summed E-state index contributed by atoms with van der Waals surface area (Å²) in [4.78, 5) is 26.5. The van der Waals surface area contributed by atoms with Crippen LogP contribution >= 0.6 is 0 Å². The fourth-order valence-electron chi connectivity index (χ4n) is 3.16. The van der Waals surface area contributed by atoms with Crippen LogP contribution in [-0.2, 0) is 4.74 Å². The largest absolute Gasteiger partial charge is 0.494 e. The summed E-state index contributed by atoms with van der Waals surface area (Å²) in [5, 5.41) is 7.14. The third-order valence-corrected chi connectivity index (χ3v) is 4.80. The Labute approximate surface area is 164 Å². The van der Waals surface area contributed by atoms with Crippen LogP contribution in [0.2, 0.25) is 0 Å². The van der Waals surface area contributed by atoms with Gasteiger partial charge >= 0.3 is 0 Å². The van der Waals surface area contributed by atoms with E-state index in [-0.39, 0.29) is 22.9 Å². The first-order chi connectivity index (χ1) is 13.6. The fraction of sp³-hybridized carbons (Fsp3) is 0.450. The van der Waals surface area contributed by atoms with E-state index in [2.05, 4.69) is 10.4 Å². The smallest absolute Gasteiger partial charge is 0.275 e. The first-order valence-electron chi connectivity index (χ1n) is 9.53. The van der Waals surface area contributed by atoms with Crippen LogP contribution in [0.5, 0.6) is 5.75 Å². The molecule has 1 aromatic carbocycles. The molecule has 28 heavy (non-hydrogen) atoms. The van der Waals surface area contributed by atoms with Gasteiger partial charge in [-0.05, 0) is 19.1 Å². The Balaban J connectivity index is 1.68. The van der Waals surface area contributed by atoms with E-state index in [0.717, 1.165) is 44.8 Å². The lowest BCUT2D eigenvalue weighted by Gasteiger charge is -2.23. The van der Waals surface area contributed by atoms with Gasteiger partial charge in [-0.1, -0.05) is 17.7 Å². The summed E-state index contributed by atoms with van der Waals surface area (Å²) in [6, 6.07) is 8.66. The number of rotatable bonds is 7. The molecule has 0 saturated carbocycles. The molecule has 1 fully saturated rings. The number of aryl methyl sites for hydroxylation is 1. The summed E-state index contributed by atoms with van der Waals surface area (Å²) in [6.45, 7) is 7.09. The lowest BCUT2D eigenvalue weighted by Crippen LogP contribution is -3.14. The average Bonchev–Trinajstić information content (AvgIpc) is 2.72. The van der Waals surface area contributed by atoms with Gasteiger partial charge in [0.25, 0.3) is 11.5 Å². The zero-order valence-electron chi connectivity index (χ0n) is 16.4. The summed E-state index contributed by atoms with van der Waals surface area (Å²) in [7, 11) is 1.42. The van der Waals surface area contributed by atoms with E-state index in [1.807, 2.05) is 19.1 Å². The lowest BCUT2D eigenvalue weighted by atomic mass is 10.2. The van der Waals surface area contributed by atoms with Crippen molar-refractivity contribution >= 4 is 5.91 Å². The van der Waals surface area contributed by atoms with Gasteiger partial charge < -0.3 is 19.7 Å². The van der Waals surface area contributed by atoms with E-state index in [1.54, 1.807) is 12.1 Å². The normalized spacial score (nSPS) is 14.6. The molecule has 1 aliphatic rings. The van der Waals surface area contributed by atoms with Gasteiger partial charge in [-0.25, -0.2) is 0 Å². The lowest BCUT2D eigenvalue weighted by molar-refractivity contribution is -0.908. The summed E-state index contributed by atoms with van der Waals surface area (Å²) in [6.07, 6.45) is 0.862. The molecule has 1 aliphatic heterocycles. The summed E-state index contributed by atoms with van der Waals surface area (Å²) >= 11 is 0. The maximum Gasteiger partial charge on any atom is 0.275 e. The van der Waals surface area contributed by atoms with Crippen molar-refractivity contribution in [2.24, 2.45) is 0 Å². The Morgan fingerprint density at radius 3 is 2.68 bits per heavy atom. The third kappa shape index (κ3) is 4.96. The minimum absolute atomic E-state index is 0.0985. The molecule has 0 spiro atoms. The van der Waals surface area contributed by atoms with Crippen LogP contribution in [0.4, 0.5) is 0 Å². The van der Waals surface area contributed by atoms with Gasteiger partial charge in [0.1, 0.15) is 13.1 Å². The Bertz CT molecular complexity index is 857. The molecule has 1 aromatic heterocycles. The van der Waals surface area contributed by atoms with Gasteiger partial charge in [0, 0.05) is 13.0 Å². The molecule has 1 saturated heterocycles. The first kappa shape index (κ1) is 20.0.